The lowest BCUT2D eigenvalue weighted by Gasteiger charge is -2.03. The van der Waals surface area contributed by atoms with E-state index in [2.05, 4.69) is 5.10 Å². The monoisotopic (exact) mass is 194 g/mol. The van der Waals surface area contributed by atoms with E-state index in [1.165, 1.54) is 23.0 Å². The molecule has 6 heteroatoms. The molecule has 0 spiro atoms. The van der Waals surface area contributed by atoms with Gasteiger partial charge in [0, 0.05) is 12.5 Å². The number of fused-ring (bicyclic) bond motifs is 1. The minimum absolute atomic E-state index is 0.251. The first-order chi connectivity index (χ1) is 6.61. The van der Waals surface area contributed by atoms with Crippen LogP contribution in [0.2, 0.25) is 0 Å². The third-order valence-corrected chi connectivity index (χ3v) is 2.16. The van der Waals surface area contributed by atoms with E-state index in [1.807, 2.05) is 0 Å². The molecule has 14 heavy (non-hydrogen) atoms. The van der Waals surface area contributed by atoms with Crippen LogP contribution in [-0.4, -0.2) is 26.9 Å². The number of aromatic nitrogens is 2. The highest BCUT2D eigenvalue weighted by molar-refractivity contribution is 6.61. The SMILES string of the molecule is Cn1ncc2c(F)ccc(B(O)O)c21. The van der Waals surface area contributed by atoms with E-state index in [9.17, 15) is 4.39 Å². The standard InChI is InChI=1S/C8H8BFN2O2/c1-12-8-5(4-11-12)7(10)3-2-6(8)9(13)14/h2-4,13-14H,1H3. The van der Waals surface area contributed by atoms with Crippen LogP contribution in [0.25, 0.3) is 10.9 Å². The van der Waals surface area contributed by atoms with E-state index >= 15 is 0 Å². The molecule has 2 rings (SSSR count). The zero-order chi connectivity index (χ0) is 10.3. The Morgan fingerprint density at radius 1 is 1.43 bits per heavy atom. The van der Waals surface area contributed by atoms with Crippen molar-refractivity contribution in [2.24, 2.45) is 7.05 Å². The van der Waals surface area contributed by atoms with Crippen molar-refractivity contribution in [1.29, 1.82) is 0 Å². The summed E-state index contributed by atoms with van der Waals surface area (Å²) in [5.74, 6) is -0.419. The molecule has 0 aliphatic rings. The Bertz CT molecular complexity index is 483. The molecule has 1 aromatic heterocycles. The molecule has 0 unspecified atom stereocenters. The summed E-state index contributed by atoms with van der Waals surface area (Å²) in [6.45, 7) is 0. The summed E-state index contributed by atoms with van der Waals surface area (Å²) in [5, 5.41) is 22.2. The van der Waals surface area contributed by atoms with E-state index in [4.69, 9.17) is 10.0 Å². The fraction of sp³-hybridized carbons (Fsp3) is 0.125. The maximum atomic E-state index is 13.2. The third kappa shape index (κ3) is 1.20. The Labute approximate surface area is 79.7 Å². The summed E-state index contributed by atoms with van der Waals surface area (Å²) in [6, 6.07) is 2.53. The molecule has 0 saturated heterocycles. The molecule has 4 nitrogen and oxygen atoms in total. The number of nitrogens with zero attached hydrogens (tertiary/aromatic N) is 2. The average molecular weight is 194 g/mol. The van der Waals surface area contributed by atoms with E-state index in [0.717, 1.165) is 0 Å². The number of rotatable bonds is 1. The van der Waals surface area contributed by atoms with Gasteiger partial charge in [-0.1, -0.05) is 6.07 Å². The quantitative estimate of drug-likeness (QED) is 0.595. The van der Waals surface area contributed by atoms with Gasteiger partial charge in [0.25, 0.3) is 0 Å². The summed E-state index contributed by atoms with van der Waals surface area (Å²) in [5.41, 5.74) is 0.654. The lowest BCUT2D eigenvalue weighted by molar-refractivity contribution is 0.426. The van der Waals surface area contributed by atoms with Gasteiger partial charge in [-0.15, -0.1) is 0 Å². The number of benzene rings is 1. The van der Waals surface area contributed by atoms with Gasteiger partial charge < -0.3 is 10.0 Å². The fourth-order valence-corrected chi connectivity index (χ4v) is 1.49. The maximum Gasteiger partial charge on any atom is 0.490 e. The smallest absolute Gasteiger partial charge is 0.423 e. The largest absolute Gasteiger partial charge is 0.490 e. The molecular weight excluding hydrogens is 186 g/mol. The van der Waals surface area contributed by atoms with Crippen LogP contribution in [0, 0.1) is 5.82 Å². The molecule has 2 aromatic rings. The highest BCUT2D eigenvalue weighted by atomic mass is 19.1. The molecule has 0 saturated carbocycles. The number of aryl methyl sites for hydroxylation is 1. The minimum atomic E-state index is -1.62. The van der Waals surface area contributed by atoms with Gasteiger partial charge in [0.15, 0.2) is 0 Å². The van der Waals surface area contributed by atoms with E-state index in [1.54, 1.807) is 7.05 Å². The summed E-state index contributed by atoms with van der Waals surface area (Å²) in [6.07, 6.45) is 1.36. The van der Waals surface area contributed by atoms with Crippen LogP contribution in [0.5, 0.6) is 0 Å². The Morgan fingerprint density at radius 3 is 2.79 bits per heavy atom. The molecule has 1 aromatic carbocycles. The lowest BCUT2D eigenvalue weighted by Crippen LogP contribution is -2.31. The fourth-order valence-electron chi connectivity index (χ4n) is 1.49. The molecule has 0 bridgehead atoms. The highest BCUT2D eigenvalue weighted by Crippen LogP contribution is 2.14. The Hall–Kier alpha value is -1.40. The Balaban J connectivity index is 2.85. The molecule has 0 fully saturated rings. The Kier molecular flexibility index (Phi) is 2.01. The van der Waals surface area contributed by atoms with Gasteiger partial charge in [-0.25, -0.2) is 4.39 Å². The normalized spacial score (nSPS) is 10.9. The first-order valence-electron chi connectivity index (χ1n) is 4.07. The van der Waals surface area contributed by atoms with Gasteiger partial charge in [-0.3, -0.25) is 4.68 Å². The van der Waals surface area contributed by atoms with Crippen molar-refractivity contribution in [3.05, 3.63) is 24.1 Å². The van der Waals surface area contributed by atoms with Crippen molar-refractivity contribution in [2.45, 2.75) is 0 Å². The van der Waals surface area contributed by atoms with Gasteiger partial charge in [0.2, 0.25) is 0 Å². The summed E-state index contributed by atoms with van der Waals surface area (Å²) >= 11 is 0. The molecule has 0 aliphatic carbocycles. The van der Waals surface area contributed by atoms with Gasteiger partial charge in [-0.2, -0.15) is 5.10 Å². The predicted octanol–water partition coefficient (Wildman–Crippen LogP) is -0.608. The topological polar surface area (TPSA) is 58.3 Å². The van der Waals surface area contributed by atoms with Gasteiger partial charge in [0.1, 0.15) is 5.82 Å². The van der Waals surface area contributed by atoms with Crippen LogP contribution < -0.4 is 5.46 Å². The second-order valence-electron chi connectivity index (χ2n) is 3.04. The molecule has 72 valence electrons. The van der Waals surface area contributed by atoms with Crippen molar-refractivity contribution in [1.82, 2.24) is 9.78 Å². The highest BCUT2D eigenvalue weighted by Gasteiger charge is 2.18. The predicted molar refractivity (Wildman–Crippen MR) is 50.5 cm³/mol. The molecule has 0 radical (unpaired) electrons. The van der Waals surface area contributed by atoms with E-state index in [-0.39, 0.29) is 10.8 Å². The van der Waals surface area contributed by atoms with Gasteiger partial charge >= 0.3 is 7.12 Å². The summed E-state index contributed by atoms with van der Waals surface area (Å²) in [4.78, 5) is 0. The van der Waals surface area contributed by atoms with Gasteiger partial charge in [-0.05, 0) is 6.07 Å². The van der Waals surface area contributed by atoms with Gasteiger partial charge in [0.05, 0.1) is 17.1 Å². The van der Waals surface area contributed by atoms with Crippen LogP contribution in [0.4, 0.5) is 4.39 Å². The van der Waals surface area contributed by atoms with Crippen molar-refractivity contribution < 1.29 is 14.4 Å². The minimum Gasteiger partial charge on any atom is -0.423 e. The molecular formula is C8H8BFN2O2. The molecule has 0 aliphatic heterocycles. The molecule has 0 amide bonds. The third-order valence-electron chi connectivity index (χ3n) is 2.16. The first-order valence-corrected chi connectivity index (χ1v) is 4.07. The molecule has 1 heterocycles. The second kappa shape index (κ2) is 3.07. The molecule has 0 atom stereocenters. The number of hydrogen-bond donors (Lipinski definition) is 2. The number of halogens is 1. The summed E-state index contributed by atoms with van der Waals surface area (Å²) in [7, 11) is 0.00157. The second-order valence-corrected chi connectivity index (χ2v) is 3.04. The van der Waals surface area contributed by atoms with Crippen LogP contribution in [0.3, 0.4) is 0 Å². The maximum absolute atomic E-state index is 13.2. The lowest BCUT2D eigenvalue weighted by atomic mass is 9.79. The van der Waals surface area contributed by atoms with Crippen LogP contribution in [0.1, 0.15) is 0 Å². The summed E-state index contributed by atoms with van der Waals surface area (Å²) < 4.78 is 14.6. The Morgan fingerprint density at radius 2 is 2.14 bits per heavy atom. The number of hydrogen-bond acceptors (Lipinski definition) is 3. The van der Waals surface area contributed by atoms with E-state index < -0.39 is 12.9 Å². The van der Waals surface area contributed by atoms with E-state index in [0.29, 0.717) is 5.52 Å². The van der Waals surface area contributed by atoms with Crippen LogP contribution in [0.15, 0.2) is 18.3 Å². The van der Waals surface area contributed by atoms with Crippen molar-refractivity contribution in [2.75, 3.05) is 0 Å². The average Bonchev–Trinajstić information content (AvgIpc) is 2.50. The zero-order valence-corrected chi connectivity index (χ0v) is 7.48. The van der Waals surface area contributed by atoms with Crippen molar-refractivity contribution >= 4 is 23.5 Å². The van der Waals surface area contributed by atoms with Crippen molar-refractivity contribution in [3.8, 4) is 0 Å². The molecule has 2 N–H and O–H groups in total. The zero-order valence-electron chi connectivity index (χ0n) is 7.48. The van der Waals surface area contributed by atoms with Crippen molar-refractivity contribution in [3.63, 3.8) is 0 Å². The van der Waals surface area contributed by atoms with Crippen LogP contribution >= 0.6 is 0 Å². The van der Waals surface area contributed by atoms with Crippen LogP contribution in [-0.2, 0) is 7.05 Å². The first kappa shape index (κ1) is 9.17.